The molecular formula is C22H35IN4O2. The fourth-order valence-corrected chi connectivity index (χ4v) is 3.95. The first kappa shape index (κ1) is 23.9. The maximum absolute atomic E-state index is 12.5. The first-order valence-electron chi connectivity index (χ1n) is 10.7. The second-order valence-electron chi connectivity index (χ2n) is 7.62. The Balaban J connectivity index is 0.00000300. The number of halogens is 1. The van der Waals surface area contributed by atoms with E-state index < -0.39 is 0 Å². The van der Waals surface area contributed by atoms with Crippen LogP contribution in [0.5, 0.6) is 0 Å². The van der Waals surface area contributed by atoms with Gasteiger partial charge in [-0.3, -0.25) is 9.79 Å². The summed E-state index contributed by atoms with van der Waals surface area (Å²) >= 11 is 0. The van der Waals surface area contributed by atoms with Crippen LogP contribution in [0.4, 0.5) is 0 Å². The summed E-state index contributed by atoms with van der Waals surface area (Å²) in [5.41, 5.74) is 2.55. The van der Waals surface area contributed by atoms with E-state index in [9.17, 15) is 4.79 Å². The Bertz CT molecular complexity index is 658. The standard InChI is InChI=1S/C22H34N4O2.HI/c1-3-23-22(25-13-11-18(14-25)17-28-4-2)24-12-7-10-21(27)26-15-19-8-5-6-9-20(19)16-26;/h5-6,8-9,18H,3-4,7,10-17H2,1-2H3,(H,23,24);1H. The minimum absolute atomic E-state index is 0. The molecule has 0 aromatic heterocycles. The molecule has 3 rings (SSSR count). The molecule has 1 saturated heterocycles. The molecule has 29 heavy (non-hydrogen) atoms. The van der Waals surface area contributed by atoms with E-state index in [1.807, 2.05) is 24.0 Å². The van der Waals surface area contributed by atoms with Crippen molar-refractivity contribution in [2.45, 2.75) is 46.2 Å². The van der Waals surface area contributed by atoms with Gasteiger partial charge in [0.2, 0.25) is 5.91 Å². The van der Waals surface area contributed by atoms with Crippen molar-refractivity contribution >= 4 is 35.8 Å². The molecular weight excluding hydrogens is 479 g/mol. The van der Waals surface area contributed by atoms with Crippen molar-refractivity contribution in [1.29, 1.82) is 0 Å². The van der Waals surface area contributed by atoms with Gasteiger partial charge in [-0.1, -0.05) is 24.3 Å². The first-order chi connectivity index (χ1) is 13.7. The molecule has 1 aromatic carbocycles. The molecule has 0 radical (unpaired) electrons. The predicted octanol–water partition coefficient (Wildman–Crippen LogP) is 3.25. The van der Waals surface area contributed by atoms with Gasteiger partial charge in [-0.15, -0.1) is 24.0 Å². The maximum atomic E-state index is 12.5. The number of benzene rings is 1. The van der Waals surface area contributed by atoms with Crippen LogP contribution >= 0.6 is 24.0 Å². The van der Waals surface area contributed by atoms with Crippen LogP contribution in [-0.4, -0.2) is 61.1 Å². The third-order valence-corrected chi connectivity index (χ3v) is 5.48. The summed E-state index contributed by atoms with van der Waals surface area (Å²) in [6.07, 6.45) is 2.50. The molecule has 1 amide bonds. The van der Waals surface area contributed by atoms with Crippen LogP contribution in [-0.2, 0) is 22.6 Å². The molecule has 1 fully saturated rings. The van der Waals surface area contributed by atoms with Crippen molar-refractivity contribution < 1.29 is 9.53 Å². The molecule has 0 saturated carbocycles. The lowest BCUT2D eigenvalue weighted by Crippen LogP contribution is -2.40. The number of carbonyl (C=O) groups excluding carboxylic acids is 1. The second-order valence-corrected chi connectivity index (χ2v) is 7.62. The molecule has 1 N–H and O–H groups in total. The van der Waals surface area contributed by atoms with Crippen molar-refractivity contribution in [3.63, 3.8) is 0 Å². The van der Waals surface area contributed by atoms with Gasteiger partial charge >= 0.3 is 0 Å². The monoisotopic (exact) mass is 514 g/mol. The van der Waals surface area contributed by atoms with Gasteiger partial charge in [0.15, 0.2) is 5.96 Å². The zero-order valence-corrected chi connectivity index (χ0v) is 20.1. The van der Waals surface area contributed by atoms with Gasteiger partial charge in [0.25, 0.3) is 0 Å². The maximum Gasteiger partial charge on any atom is 0.223 e. The molecule has 1 atom stereocenters. The number of fused-ring (bicyclic) bond motifs is 1. The van der Waals surface area contributed by atoms with Gasteiger partial charge in [-0.25, -0.2) is 0 Å². The normalized spacial score (nSPS) is 18.6. The van der Waals surface area contributed by atoms with Crippen LogP contribution < -0.4 is 5.32 Å². The largest absolute Gasteiger partial charge is 0.381 e. The van der Waals surface area contributed by atoms with Gasteiger partial charge in [-0.05, 0) is 37.8 Å². The molecule has 2 heterocycles. The topological polar surface area (TPSA) is 57.2 Å². The van der Waals surface area contributed by atoms with Crippen molar-refractivity contribution in [1.82, 2.24) is 15.1 Å². The van der Waals surface area contributed by atoms with Crippen molar-refractivity contribution in [3.05, 3.63) is 35.4 Å². The van der Waals surface area contributed by atoms with Gasteiger partial charge in [0, 0.05) is 58.2 Å². The molecule has 0 bridgehead atoms. The van der Waals surface area contributed by atoms with E-state index in [1.54, 1.807) is 0 Å². The minimum atomic E-state index is 0. The predicted molar refractivity (Wildman–Crippen MR) is 127 cm³/mol. The van der Waals surface area contributed by atoms with Crippen molar-refractivity contribution in [2.24, 2.45) is 10.9 Å². The minimum Gasteiger partial charge on any atom is -0.381 e. The summed E-state index contributed by atoms with van der Waals surface area (Å²) in [6, 6.07) is 8.32. The number of amides is 1. The SMILES string of the molecule is CCNC(=NCCCC(=O)N1Cc2ccccc2C1)N1CCC(COCC)C1.I. The average molecular weight is 514 g/mol. The summed E-state index contributed by atoms with van der Waals surface area (Å²) in [5.74, 6) is 1.79. The van der Waals surface area contributed by atoms with Crippen LogP contribution in [0, 0.1) is 5.92 Å². The quantitative estimate of drug-likeness (QED) is 0.251. The van der Waals surface area contributed by atoms with Crippen LogP contribution in [0.3, 0.4) is 0 Å². The fraction of sp³-hybridized carbons (Fsp3) is 0.636. The Hall–Kier alpha value is -1.35. The molecule has 6 nitrogen and oxygen atoms in total. The van der Waals surface area contributed by atoms with Crippen LogP contribution in [0.25, 0.3) is 0 Å². The lowest BCUT2D eigenvalue weighted by atomic mass is 10.1. The van der Waals surface area contributed by atoms with Crippen LogP contribution in [0.2, 0.25) is 0 Å². The lowest BCUT2D eigenvalue weighted by Gasteiger charge is -2.21. The number of carbonyl (C=O) groups is 1. The number of rotatable bonds is 8. The zero-order chi connectivity index (χ0) is 19.8. The van der Waals surface area contributed by atoms with Gasteiger partial charge in [0.1, 0.15) is 0 Å². The molecule has 0 aliphatic carbocycles. The van der Waals surface area contributed by atoms with Crippen molar-refractivity contribution in [3.8, 4) is 0 Å². The smallest absolute Gasteiger partial charge is 0.223 e. The Morgan fingerprint density at radius 2 is 1.93 bits per heavy atom. The van der Waals surface area contributed by atoms with Gasteiger partial charge < -0.3 is 19.9 Å². The molecule has 1 unspecified atom stereocenters. The lowest BCUT2D eigenvalue weighted by molar-refractivity contribution is -0.131. The number of guanidine groups is 1. The second kappa shape index (κ2) is 12.4. The molecule has 162 valence electrons. The highest BCUT2D eigenvalue weighted by molar-refractivity contribution is 14.0. The Morgan fingerprint density at radius 3 is 2.59 bits per heavy atom. The summed E-state index contributed by atoms with van der Waals surface area (Å²) in [6.45, 7) is 10.8. The number of hydrogen-bond acceptors (Lipinski definition) is 3. The molecule has 0 spiro atoms. The number of nitrogens with zero attached hydrogens (tertiary/aromatic N) is 3. The highest BCUT2D eigenvalue weighted by atomic mass is 127. The van der Waals surface area contributed by atoms with Crippen LogP contribution in [0.1, 0.15) is 44.2 Å². The van der Waals surface area contributed by atoms with E-state index in [-0.39, 0.29) is 29.9 Å². The number of hydrogen-bond donors (Lipinski definition) is 1. The summed E-state index contributed by atoms with van der Waals surface area (Å²) in [7, 11) is 0. The highest BCUT2D eigenvalue weighted by Gasteiger charge is 2.25. The number of ether oxygens (including phenoxy) is 1. The first-order valence-corrected chi connectivity index (χ1v) is 10.7. The van der Waals surface area contributed by atoms with Gasteiger partial charge in [0.05, 0.1) is 6.61 Å². The van der Waals surface area contributed by atoms with E-state index in [0.29, 0.717) is 18.9 Å². The van der Waals surface area contributed by atoms with Crippen molar-refractivity contribution in [2.75, 3.05) is 39.4 Å². The number of aliphatic imine (C=N–C) groups is 1. The van der Waals surface area contributed by atoms with E-state index in [4.69, 9.17) is 9.73 Å². The summed E-state index contributed by atoms with van der Waals surface area (Å²) in [5, 5.41) is 3.40. The fourth-order valence-electron chi connectivity index (χ4n) is 3.95. The Morgan fingerprint density at radius 1 is 1.21 bits per heavy atom. The Labute approximate surface area is 192 Å². The van der Waals surface area contributed by atoms with E-state index in [0.717, 1.165) is 64.7 Å². The molecule has 7 heteroatoms. The van der Waals surface area contributed by atoms with E-state index in [1.165, 1.54) is 11.1 Å². The molecule has 1 aromatic rings. The summed E-state index contributed by atoms with van der Waals surface area (Å²) in [4.78, 5) is 21.6. The highest BCUT2D eigenvalue weighted by Crippen LogP contribution is 2.23. The van der Waals surface area contributed by atoms with Crippen LogP contribution in [0.15, 0.2) is 29.3 Å². The average Bonchev–Trinajstić information content (AvgIpc) is 3.35. The van der Waals surface area contributed by atoms with E-state index >= 15 is 0 Å². The zero-order valence-electron chi connectivity index (χ0n) is 17.7. The van der Waals surface area contributed by atoms with Gasteiger partial charge in [-0.2, -0.15) is 0 Å². The summed E-state index contributed by atoms with van der Waals surface area (Å²) < 4.78 is 5.57. The molecule has 2 aliphatic heterocycles. The molecule has 2 aliphatic rings. The van der Waals surface area contributed by atoms with E-state index in [2.05, 4.69) is 29.3 Å². The third-order valence-electron chi connectivity index (χ3n) is 5.48. The third kappa shape index (κ3) is 6.84. The Kier molecular flexibility index (Phi) is 10.2. The number of nitrogens with one attached hydrogen (secondary N) is 1. The number of likely N-dealkylation sites (tertiary alicyclic amines) is 1.